The number of rotatable bonds is 1. The highest BCUT2D eigenvalue weighted by Crippen LogP contribution is 2.16. The molecule has 0 aromatic carbocycles. The maximum Gasteiger partial charge on any atom is 0.145 e. The normalized spacial score (nSPS) is 10.2. The van der Waals surface area contributed by atoms with Crippen LogP contribution in [0.15, 0.2) is 24.4 Å². The molecule has 0 aliphatic rings. The average molecular weight is 174 g/mol. The van der Waals surface area contributed by atoms with E-state index in [0.29, 0.717) is 5.82 Å². The third-order valence-electron chi connectivity index (χ3n) is 1.79. The molecular weight excluding hydrogens is 164 g/mol. The van der Waals surface area contributed by atoms with Crippen molar-refractivity contribution in [3.63, 3.8) is 0 Å². The van der Waals surface area contributed by atoms with Crippen LogP contribution in [0.2, 0.25) is 0 Å². The van der Waals surface area contributed by atoms with Crippen molar-refractivity contribution in [3.05, 3.63) is 30.0 Å². The first-order valence-corrected chi connectivity index (χ1v) is 3.99. The van der Waals surface area contributed by atoms with Gasteiger partial charge in [0, 0.05) is 12.3 Å². The Balaban J connectivity index is 2.46. The third kappa shape index (κ3) is 1.51. The van der Waals surface area contributed by atoms with Crippen molar-refractivity contribution in [2.45, 2.75) is 6.92 Å². The van der Waals surface area contributed by atoms with Gasteiger partial charge in [-0.15, -0.1) is 0 Å². The lowest BCUT2D eigenvalue weighted by Gasteiger charge is -1.96. The van der Waals surface area contributed by atoms with Crippen LogP contribution in [-0.4, -0.2) is 15.2 Å². The molecular formula is C9H10N4. The van der Waals surface area contributed by atoms with E-state index in [1.165, 1.54) is 0 Å². The highest BCUT2D eigenvalue weighted by Gasteiger charge is 2.01. The van der Waals surface area contributed by atoms with Crippen LogP contribution in [-0.2, 0) is 0 Å². The van der Waals surface area contributed by atoms with Gasteiger partial charge >= 0.3 is 0 Å². The number of pyridine rings is 1. The molecule has 0 saturated heterocycles. The molecule has 0 fully saturated rings. The smallest absolute Gasteiger partial charge is 0.145 e. The Bertz CT molecular complexity index is 419. The van der Waals surface area contributed by atoms with Gasteiger partial charge in [-0.25, -0.2) is 0 Å². The van der Waals surface area contributed by atoms with E-state index in [4.69, 9.17) is 5.73 Å². The summed E-state index contributed by atoms with van der Waals surface area (Å²) in [5.74, 6) is 0.485. The molecule has 4 heteroatoms. The molecule has 13 heavy (non-hydrogen) atoms. The zero-order valence-corrected chi connectivity index (χ0v) is 7.28. The summed E-state index contributed by atoms with van der Waals surface area (Å²) in [7, 11) is 0. The predicted molar refractivity (Wildman–Crippen MR) is 51.0 cm³/mol. The van der Waals surface area contributed by atoms with E-state index in [0.717, 1.165) is 17.0 Å². The lowest BCUT2D eigenvalue weighted by atomic mass is 10.2. The minimum Gasteiger partial charge on any atom is -0.382 e. The average Bonchev–Trinajstić information content (AvgIpc) is 2.52. The SMILES string of the molecule is Cc1ccnc(-c2cc(N)n[nH]2)c1. The molecule has 2 heterocycles. The number of aryl methyl sites for hydroxylation is 1. The molecule has 2 rings (SSSR count). The summed E-state index contributed by atoms with van der Waals surface area (Å²) in [6.07, 6.45) is 1.77. The lowest BCUT2D eigenvalue weighted by molar-refractivity contribution is 1.09. The van der Waals surface area contributed by atoms with E-state index in [2.05, 4.69) is 15.2 Å². The number of hydrogen-bond donors (Lipinski definition) is 2. The molecule has 0 radical (unpaired) electrons. The van der Waals surface area contributed by atoms with Gasteiger partial charge in [0.25, 0.3) is 0 Å². The van der Waals surface area contributed by atoms with Gasteiger partial charge in [0.05, 0.1) is 11.4 Å². The maximum absolute atomic E-state index is 5.48. The van der Waals surface area contributed by atoms with Crippen molar-refractivity contribution in [2.24, 2.45) is 0 Å². The molecule has 0 spiro atoms. The number of anilines is 1. The zero-order chi connectivity index (χ0) is 9.26. The molecule has 0 aliphatic carbocycles. The summed E-state index contributed by atoms with van der Waals surface area (Å²) in [6, 6.07) is 5.69. The Labute approximate surface area is 75.8 Å². The molecule has 0 saturated carbocycles. The Morgan fingerprint density at radius 2 is 2.23 bits per heavy atom. The van der Waals surface area contributed by atoms with Gasteiger partial charge < -0.3 is 5.73 Å². The van der Waals surface area contributed by atoms with Gasteiger partial charge in [0.1, 0.15) is 5.82 Å². The van der Waals surface area contributed by atoms with Crippen molar-refractivity contribution < 1.29 is 0 Å². The first-order chi connectivity index (χ1) is 6.25. The van der Waals surface area contributed by atoms with Crippen LogP contribution >= 0.6 is 0 Å². The number of nitrogens with two attached hydrogens (primary N) is 1. The van der Waals surface area contributed by atoms with E-state index in [1.54, 1.807) is 12.3 Å². The number of H-pyrrole nitrogens is 1. The van der Waals surface area contributed by atoms with Crippen molar-refractivity contribution in [3.8, 4) is 11.4 Å². The van der Waals surface area contributed by atoms with Gasteiger partial charge in [-0.2, -0.15) is 5.10 Å². The highest BCUT2D eigenvalue weighted by atomic mass is 15.2. The zero-order valence-electron chi connectivity index (χ0n) is 7.28. The van der Waals surface area contributed by atoms with Crippen LogP contribution in [0.1, 0.15) is 5.56 Å². The quantitative estimate of drug-likeness (QED) is 0.686. The highest BCUT2D eigenvalue weighted by molar-refractivity contribution is 5.58. The van der Waals surface area contributed by atoms with Crippen LogP contribution in [0.25, 0.3) is 11.4 Å². The third-order valence-corrected chi connectivity index (χ3v) is 1.79. The number of nitrogens with one attached hydrogen (secondary N) is 1. The summed E-state index contributed by atoms with van der Waals surface area (Å²) in [5.41, 5.74) is 8.36. The van der Waals surface area contributed by atoms with Crippen LogP contribution in [0, 0.1) is 6.92 Å². The molecule has 0 bridgehead atoms. The standard InChI is InChI=1S/C9H10N4/c1-6-2-3-11-7(4-6)8-5-9(10)13-12-8/h2-5H,1H3,(H3,10,12,13). The molecule has 4 nitrogen and oxygen atoms in total. The van der Waals surface area contributed by atoms with Crippen LogP contribution in [0.4, 0.5) is 5.82 Å². The number of aromatic amines is 1. The molecule has 0 aliphatic heterocycles. The second-order valence-corrected chi connectivity index (χ2v) is 2.92. The largest absolute Gasteiger partial charge is 0.382 e. The van der Waals surface area contributed by atoms with Crippen LogP contribution in [0.5, 0.6) is 0 Å². The van der Waals surface area contributed by atoms with Gasteiger partial charge in [-0.3, -0.25) is 10.1 Å². The minimum absolute atomic E-state index is 0.485. The maximum atomic E-state index is 5.48. The fourth-order valence-corrected chi connectivity index (χ4v) is 1.15. The molecule has 66 valence electrons. The Morgan fingerprint density at radius 3 is 2.85 bits per heavy atom. The Morgan fingerprint density at radius 1 is 1.38 bits per heavy atom. The fourth-order valence-electron chi connectivity index (χ4n) is 1.15. The summed E-state index contributed by atoms with van der Waals surface area (Å²) >= 11 is 0. The van der Waals surface area contributed by atoms with Crippen molar-refractivity contribution in [1.82, 2.24) is 15.2 Å². The molecule has 0 unspecified atom stereocenters. The molecule has 2 aromatic rings. The monoisotopic (exact) mass is 174 g/mol. The van der Waals surface area contributed by atoms with Gasteiger partial charge in [0.15, 0.2) is 0 Å². The van der Waals surface area contributed by atoms with Gasteiger partial charge in [0.2, 0.25) is 0 Å². The summed E-state index contributed by atoms with van der Waals surface area (Å²) < 4.78 is 0. The van der Waals surface area contributed by atoms with Gasteiger partial charge in [-0.1, -0.05) is 0 Å². The van der Waals surface area contributed by atoms with Crippen LogP contribution in [0.3, 0.4) is 0 Å². The lowest BCUT2D eigenvalue weighted by Crippen LogP contribution is -1.83. The van der Waals surface area contributed by atoms with Crippen LogP contribution < -0.4 is 5.73 Å². The van der Waals surface area contributed by atoms with E-state index >= 15 is 0 Å². The molecule has 2 aromatic heterocycles. The second kappa shape index (κ2) is 2.90. The first kappa shape index (κ1) is 7.79. The number of aromatic nitrogens is 3. The Hall–Kier alpha value is -1.84. The predicted octanol–water partition coefficient (Wildman–Crippen LogP) is 1.36. The first-order valence-electron chi connectivity index (χ1n) is 3.99. The number of nitrogens with zero attached hydrogens (tertiary/aromatic N) is 2. The van der Waals surface area contributed by atoms with Crippen molar-refractivity contribution in [2.75, 3.05) is 5.73 Å². The summed E-state index contributed by atoms with van der Waals surface area (Å²) in [4.78, 5) is 4.20. The number of hydrogen-bond acceptors (Lipinski definition) is 3. The molecule has 0 atom stereocenters. The minimum atomic E-state index is 0.485. The molecule has 3 N–H and O–H groups in total. The summed E-state index contributed by atoms with van der Waals surface area (Å²) in [5, 5.41) is 6.65. The van der Waals surface area contributed by atoms with Crippen molar-refractivity contribution >= 4 is 5.82 Å². The van der Waals surface area contributed by atoms with Crippen molar-refractivity contribution in [1.29, 1.82) is 0 Å². The van der Waals surface area contributed by atoms with E-state index < -0.39 is 0 Å². The molecule has 0 amide bonds. The second-order valence-electron chi connectivity index (χ2n) is 2.92. The van der Waals surface area contributed by atoms with E-state index in [9.17, 15) is 0 Å². The van der Waals surface area contributed by atoms with Gasteiger partial charge in [-0.05, 0) is 24.6 Å². The van der Waals surface area contributed by atoms with E-state index in [-0.39, 0.29) is 0 Å². The number of nitrogen functional groups attached to an aromatic ring is 1. The van der Waals surface area contributed by atoms with E-state index in [1.807, 2.05) is 19.1 Å². The summed E-state index contributed by atoms with van der Waals surface area (Å²) in [6.45, 7) is 2.02. The topological polar surface area (TPSA) is 67.6 Å². The Kier molecular flexibility index (Phi) is 1.73. The fraction of sp³-hybridized carbons (Fsp3) is 0.111.